The molecular weight excluding hydrogens is 917 g/mol. The van der Waals surface area contributed by atoms with E-state index in [1.165, 1.54) is 21.9 Å². The van der Waals surface area contributed by atoms with Crippen LogP contribution in [0.5, 0.6) is 0 Å². The van der Waals surface area contributed by atoms with Crippen molar-refractivity contribution in [1.82, 2.24) is 19.5 Å². The lowest BCUT2D eigenvalue weighted by Gasteiger charge is -2.10. The maximum Gasteiger partial charge on any atom is 0.164 e. The molecule has 0 radical (unpaired) electrons. The van der Waals surface area contributed by atoms with Crippen LogP contribution < -0.4 is 0 Å². The van der Waals surface area contributed by atoms with Crippen LogP contribution in [-0.4, -0.2) is 19.5 Å². The van der Waals surface area contributed by atoms with Crippen molar-refractivity contribution in [3.8, 4) is 84.4 Å². The van der Waals surface area contributed by atoms with Crippen LogP contribution in [0.3, 0.4) is 0 Å². The van der Waals surface area contributed by atoms with E-state index in [-0.39, 0.29) is 0 Å². The molecule has 0 spiro atoms. The first-order valence-electron chi connectivity index (χ1n) is 25.2. The topological polar surface area (TPSA) is 69.9 Å². The Morgan fingerprint density at radius 1 is 0.267 bits per heavy atom. The van der Waals surface area contributed by atoms with Crippen molar-refractivity contribution in [3.63, 3.8) is 0 Å². The molecule has 4 heterocycles. The van der Waals surface area contributed by atoms with E-state index in [0.29, 0.717) is 17.5 Å². The number of aromatic nitrogens is 4. The summed E-state index contributed by atoms with van der Waals surface area (Å²) in [6.45, 7) is 0. The molecule has 6 heteroatoms. The highest BCUT2D eigenvalue weighted by molar-refractivity contribution is 6.16. The lowest BCUT2D eigenvalue weighted by Crippen LogP contribution is -2.00. The number of hydrogen-bond acceptors (Lipinski definition) is 5. The standard InChI is InChI=1S/C69H42N4O2/c1-4-17-43(18-5-1)47-35-37-60-57(41-47)54-27-10-11-32-59(54)73(60)61-33-16-34-63-64(61)58-42-48(36-38-62(58)74-63)46-23-12-24-49(39-46)52-28-14-30-55-56-31-15-29-53(66(56)75-65(52)55)50-25-13-26-51(40-50)69-71-67(44-19-6-2-7-20-44)70-68(72-69)45-21-8-3-9-22-45/h1-42H. The molecule has 0 saturated carbocycles. The fraction of sp³-hybridized carbons (Fsp3) is 0. The highest BCUT2D eigenvalue weighted by Crippen LogP contribution is 2.44. The largest absolute Gasteiger partial charge is 0.456 e. The van der Waals surface area contributed by atoms with E-state index < -0.39 is 0 Å². The molecule has 11 aromatic carbocycles. The Hall–Kier alpha value is -10.2. The summed E-state index contributed by atoms with van der Waals surface area (Å²) in [5.74, 6) is 1.85. The van der Waals surface area contributed by atoms with Crippen LogP contribution in [-0.2, 0) is 0 Å². The third-order valence-electron chi connectivity index (χ3n) is 14.7. The molecule has 0 fully saturated rings. The predicted octanol–water partition coefficient (Wildman–Crippen LogP) is 18.4. The molecule has 0 atom stereocenters. The molecule has 15 aromatic rings. The van der Waals surface area contributed by atoms with E-state index in [4.69, 9.17) is 23.8 Å². The monoisotopic (exact) mass is 958 g/mol. The molecule has 350 valence electrons. The highest BCUT2D eigenvalue weighted by atomic mass is 16.3. The van der Waals surface area contributed by atoms with Crippen molar-refractivity contribution in [2.45, 2.75) is 0 Å². The van der Waals surface area contributed by atoms with E-state index in [0.717, 1.165) is 111 Å². The molecule has 4 aromatic heterocycles. The van der Waals surface area contributed by atoms with Crippen LogP contribution in [0.1, 0.15) is 0 Å². The summed E-state index contributed by atoms with van der Waals surface area (Å²) < 4.78 is 16.1. The average molecular weight is 959 g/mol. The summed E-state index contributed by atoms with van der Waals surface area (Å²) in [6.07, 6.45) is 0. The van der Waals surface area contributed by atoms with Gasteiger partial charge in [-0.15, -0.1) is 0 Å². The van der Waals surface area contributed by atoms with E-state index in [2.05, 4.69) is 199 Å². The molecule has 0 saturated heterocycles. The Labute approximate surface area is 431 Å². The summed E-state index contributed by atoms with van der Waals surface area (Å²) >= 11 is 0. The number of benzene rings is 11. The van der Waals surface area contributed by atoms with Crippen LogP contribution in [0, 0.1) is 0 Å². The van der Waals surface area contributed by atoms with Gasteiger partial charge in [-0.2, -0.15) is 0 Å². The maximum absolute atomic E-state index is 7.05. The lowest BCUT2D eigenvalue weighted by atomic mass is 9.96. The smallest absolute Gasteiger partial charge is 0.164 e. The van der Waals surface area contributed by atoms with Gasteiger partial charge >= 0.3 is 0 Å². The van der Waals surface area contributed by atoms with Gasteiger partial charge in [-0.25, -0.2) is 15.0 Å². The second kappa shape index (κ2) is 17.3. The van der Waals surface area contributed by atoms with Gasteiger partial charge in [0.25, 0.3) is 0 Å². The zero-order valence-corrected chi connectivity index (χ0v) is 40.4. The van der Waals surface area contributed by atoms with Gasteiger partial charge in [0.15, 0.2) is 17.5 Å². The van der Waals surface area contributed by atoms with Gasteiger partial charge in [0, 0.05) is 54.7 Å². The minimum atomic E-state index is 0.602. The Balaban J connectivity index is 0.816. The summed E-state index contributed by atoms with van der Waals surface area (Å²) in [5.41, 5.74) is 18.2. The Kier molecular flexibility index (Phi) is 9.78. The Morgan fingerprint density at radius 3 is 1.41 bits per heavy atom. The molecule has 0 unspecified atom stereocenters. The quantitative estimate of drug-likeness (QED) is 0.152. The number of furan rings is 2. The lowest BCUT2D eigenvalue weighted by molar-refractivity contribution is 0.669. The molecule has 6 nitrogen and oxygen atoms in total. The predicted molar refractivity (Wildman–Crippen MR) is 307 cm³/mol. The second-order valence-electron chi connectivity index (χ2n) is 19.1. The van der Waals surface area contributed by atoms with Crippen LogP contribution in [0.15, 0.2) is 264 Å². The van der Waals surface area contributed by atoms with Crippen molar-refractivity contribution < 1.29 is 8.83 Å². The molecule has 0 amide bonds. The molecule has 0 aliphatic heterocycles. The van der Waals surface area contributed by atoms with Gasteiger partial charge in [-0.05, 0) is 88.0 Å². The molecular formula is C69H42N4O2. The zero-order chi connectivity index (χ0) is 49.4. The first-order chi connectivity index (χ1) is 37.2. The van der Waals surface area contributed by atoms with Crippen LogP contribution in [0.4, 0.5) is 0 Å². The van der Waals surface area contributed by atoms with Crippen molar-refractivity contribution in [2.75, 3.05) is 0 Å². The van der Waals surface area contributed by atoms with Crippen LogP contribution in [0.2, 0.25) is 0 Å². The van der Waals surface area contributed by atoms with Crippen molar-refractivity contribution in [3.05, 3.63) is 255 Å². The summed E-state index contributed by atoms with van der Waals surface area (Å²) in [6, 6.07) is 89.3. The molecule has 0 N–H and O–H groups in total. The molecule has 15 rings (SSSR count). The maximum atomic E-state index is 7.05. The van der Waals surface area contributed by atoms with Gasteiger partial charge in [-0.3, -0.25) is 0 Å². The van der Waals surface area contributed by atoms with Gasteiger partial charge in [0.2, 0.25) is 0 Å². The number of hydrogen-bond donors (Lipinski definition) is 0. The minimum absolute atomic E-state index is 0.602. The number of nitrogens with zero attached hydrogens (tertiary/aromatic N) is 4. The second-order valence-corrected chi connectivity index (χ2v) is 19.1. The third-order valence-corrected chi connectivity index (χ3v) is 14.7. The van der Waals surface area contributed by atoms with Crippen LogP contribution in [0.25, 0.3) is 150 Å². The minimum Gasteiger partial charge on any atom is -0.456 e. The molecule has 0 aliphatic rings. The normalized spacial score (nSPS) is 11.7. The summed E-state index contributed by atoms with van der Waals surface area (Å²) in [5, 5.41) is 6.68. The number of para-hydroxylation sites is 3. The number of fused-ring (bicyclic) bond motifs is 9. The highest BCUT2D eigenvalue weighted by Gasteiger charge is 2.21. The number of rotatable bonds is 8. The first kappa shape index (κ1) is 42.5. The van der Waals surface area contributed by atoms with Gasteiger partial charge in [0.1, 0.15) is 22.3 Å². The third kappa shape index (κ3) is 7.14. The molecule has 0 aliphatic carbocycles. The van der Waals surface area contributed by atoms with E-state index in [9.17, 15) is 0 Å². The van der Waals surface area contributed by atoms with Crippen molar-refractivity contribution >= 4 is 65.7 Å². The van der Waals surface area contributed by atoms with Crippen LogP contribution >= 0.6 is 0 Å². The van der Waals surface area contributed by atoms with Gasteiger partial charge < -0.3 is 13.4 Å². The summed E-state index contributed by atoms with van der Waals surface area (Å²) in [4.78, 5) is 15.0. The van der Waals surface area contributed by atoms with Gasteiger partial charge in [0.05, 0.1) is 22.1 Å². The summed E-state index contributed by atoms with van der Waals surface area (Å²) in [7, 11) is 0. The fourth-order valence-electron chi connectivity index (χ4n) is 11.1. The van der Waals surface area contributed by atoms with E-state index in [1.807, 2.05) is 60.7 Å². The Bertz CT molecular complexity index is 4650. The SMILES string of the molecule is c1ccc(-c2ccc3c(c2)c2ccccc2n3-c2cccc3oc4ccc(-c5cccc(-c6cccc7c6oc6c(-c8cccc(-c9nc(-c%10ccccc%10)nc(-c%10ccccc%10)n9)c8)cccc67)c5)cc4c23)cc1. The van der Waals surface area contributed by atoms with E-state index in [1.54, 1.807) is 0 Å². The first-order valence-corrected chi connectivity index (χ1v) is 25.2. The average Bonchev–Trinajstić information content (AvgIpc) is 4.23. The fourth-order valence-corrected chi connectivity index (χ4v) is 11.1. The van der Waals surface area contributed by atoms with Crippen molar-refractivity contribution in [1.29, 1.82) is 0 Å². The molecule has 75 heavy (non-hydrogen) atoms. The Morgan fingerprint density at radius 2 is 0.733 bits per heavy atom. The molecule has 0 bridgehead atoms. The van der Waals surface area contributed by atoms with Gasteiger partial charge in [-0.1, -0.05) is 200 Å². The zero-order valence-electron chi connectivity index (χ0n) is 40.4. The van der Waals surface area contributed by atoms with Crippen molar-refractivity contribution in [2.24, 2.45) is 0 Å². The van der Waals surface area contributed by atoms with E-state index >= 15 is 0 Å².